The van der Waals surface area contributed by atoms with E-state index in [9.17, 15) is 14.7 Å². The van der Waals surface area contributed by atoms with E-state index in [1.807, 2.05) is 37.3 Å². The highest BCUT2D eigenvalue weighted by atomic mass is 16.5. The number of ether oxygens (including phenoxy) is 1. The Morgan fingerprint density at radius 3 is 2.70 bits per heavy atom. The lowest BCUT2D eigenvalue weighted by molar-refractivity contribution is -0.141. The number of carbonyl (C=O) groups excluding carboxylic acids is 1. The molecule has 1 amide bonds. The lowest BCUT2D eigenvalue weighted by Gasteiger charge is -2.21. The lowest BCUT2D eigenvalue weighted by Crippen LogP contribution is -2.41. The van der Waals surface area contributed by atoms with Crippen LogP contribution in [-0.4, -0.2) is 57.7 Å². The molecule has 1 saturated heterocycles. The number of rotatable bonds is 6. The van der Waals surface area contributed by atoms with Crippen LogP contribution in [-0.2, 0) is 9.53 Å². The standard InChI is InChI=1S/C19H22N4O4/c1-12(13-6-4-3-5-7-13)21-19-20-9-8-15(22-19)17(24)23-11-14(27-2)10-16(23)18(25)26/h3-9,12,14,16H,10-11H2,1-2H3,(H,25,26)(H,20,21,22)/t12-,14-,16+/m1/s1. The summed E-state index contributed by atoms with van der Waals surface area (Å²) < 4.78 is 5.23. The zero-order valence-corrected chi connectivity index (χ0v) is 15.2. The molecule has 27 heavy (non-hydrogen) atoms. The van der Waals surface area contributed by atoms with Gasteiger partial charge in [0, 0.05) is 26.3 Å². The normalized spacial score (nSPS) is 20.3. The number of aliphatic carboxylic acids is 1. The molecule has 1 aliphatic heterocycles. The van der Waals surface area contributed by atoms with E-state index in [1.54, 1.807) is 0 Å². The fourth-order valence-electron chi connectivity index (χ4n) is 3.14. The van der Waals surface area contributed by atoms with Crippen molar-refractivity contribution in [1.82, 2.24) is 14.9 Å². The number of nitrogens with zero attached hydrogens (tertiary/aromatic N) is 3. The maximum Gasteiger partial charge on any atom is 0.326 e. The van der Waals surface area contributed by atoms with Gasteiger partial charge in [0.2, 0.25) is 5.95 Å². The molecular formula is C19H22N4O4. The van der Waals surface area contributed by atoms with E-state index in [0.29, 0.717) is 5.95 Å². The van der Waals surface area contributed by atoms with E-state index < -0.39 is 17.9 Å². The number of benzene rings is 1. The monoisotopic (exact) mass is 370 g/mol. The minimum Gasteiger partial charge on any atom is -0.480 e. The van der Waals surface area contributed by atoms with Gasteiger partial charge in [0.1, 0.15) is 11.7 Å². The van der Waals surface area contributed by atoms with E-state index in [2.05, 4.69) is 15.3 Å². The van der Waals surface area contributed by atoms with Gasteiger partial charge in [0.25, 0.3) is 5.91 Å². The first-order valence-electron chi connectivity index (χ1n) is 8.70. The summed E-state index contributed by atoms with van der Waals surface area (Å²) in [6, 6.07) is 10.3. The zero-order chi connectivity index (χ0) is 19.4. The Morgan fingerprint density at radius 1 is 1.30 bits per heavy atom. The van der Waals surface area contributed by atoms with Gasteiger partial charge in [-0.2, -0.15) is 0 Å². The molecule has 8 nitrogen and oxygen atoms in total. The largest absolute Gasteiger partial charge is 0.480 e. The Morgan fingerprint density at radius 2 is 2.04 bits per heavy atom. The number of likely N-dealkylation sites (tertiary alicyclic amines) is 1. The van der Waals surface area contributed by atoms with Crippen molar-refractivity contribution in [1.29, 1.82) is 0 Å². The maximum atomic E-state index is 12.8. The van der Waals surface area contributed by atoms with Gasteiger partial charge in [0.05, 0.1) is 12.1 Å². The van der Waals surface area contributed by atoms with Crippen LogP contribution in [0.3, 0.4) is 0 Å². The SMILES string of the molecule is CO[C@@H]1C[C@@H](C(=O)O)N(C(=O)c2ccnc(N[C@H](C)c3ccccc3)n2)C1. The number of carboxylic acid groups (broad SMARTS) is 1. The molecule has 1 aromatic carbocycles. The molecule has 0 radical (unpaired) electrons. The second-order valence-corrected chi connectivity index (χ2v) is 6.45. The zero-order valence-electron chi connectivity index (χ0n) is 15.2. The molecular weight excluding hydrogens is 348 g/mol. The van der Waals surface area contributed by atoms with Gasteiger partial charge in [-0.3, -0.25) is 4.79 Å². The van der Waals surface area contributed by atoms with Crippen LogP contribution in [0.25, 0.3) is 0 Å². The highest BCUT2D eigenvalue weighted by molar-refractivity contribution is 5.95. The average Bonchev–Trinajstić information content (AvgIpc) is 3.13. The molecule has 0 bridgehead atoms. The molecule has 142 valence electrons. The average molecular weight is 370 g/mol. The summed E-state index contributed by atoms with van der Waals surface area (Å²) in [5.41, 5.74) is 1.21. The molecule has 3 atom stereocenters. The first kappa shape index (κ1) is 18.8. The maximum absolute atomic E-state index is 12.8. The molecule has 3 rings (SSSR count). The van der Waals surface area contributed by atoms with Gasteiger partial charge in [-0.25, -0.2) is 14.8 Å². The number of amides is 1. The number of methoxy groups -OCH3 is 1. The number of hydrogen-bond donors (Lipinski definition) is 2. The van der Waals surface area contributed by atoms with Crippen LogP contribution in [0.2, 0.25) is 0 Å². The van der Waals surface area contributed by atoms with Crippen LogP contribution in [0.5, 0.6) is 0 Å². The molecule has 2 heterocycles. The second kappa shape index (κ2) is 8.13. The lowest BCUT2D eigenvalue weighted by atomic mass is 10.1. The van der Waals surface area contributed by atoms with Crippen LogP contribution in [0.4, 0.5) is 5.95 Å². The summed E-state index contributed by atoms with van der Waals surface area (Å²) in [7, 11) is 1.51. The van der Waals surface area contributed by atoms with Gasteiger partial charge in [0.15, 0.2) is 0 Å². The van der Waals surface area contributed by atoms with Gasteiger partial charge in [-0.15, -0.1) is 0 Å². The molecule has 1 aliphatic rings. The Kier molecular flexibility index (Phi) is 5.66. The Hall–Kier alpha value is -3.00. The summed E-state index contributed by atoms with van der Waals surface area (Å²) in [5.74, 6) is -1.18. The Balaban J connectivity index is 1.76. The topological polar surface area (TPSA) is 105 Å². The quantitative estimate of drug-likeness (QED) is 0.801. The fourth-order valence-corrected chi connectivity index (χ4v) is 3.14. The van der Waals surface area contributed by atoms with Crippen molar-refractivity contribution >= 4 is 17.8 Å². The highest BCUT2D eigenvalue weighted by Crippen LogP contribution is 2.23. The van der Waals surface area contributed by atoms with E-state index in [0.717, 1.165) is 5.56 Å². The van der Waals surface area contributed by atoms with Crippen molar-refractivity contribution in [3.05, 3.63) is 53.9 Å². The minimum absolute atomic E-state index is 0.0482. The third-order valence-electron chi connectivity index (χ3n) is 4.66. The third-order valence-corrected chi connectivity index (χ3v) is 4.66. The molecule has 8 heteroatoms. The summed E-state index contributed by atoms with van der Waals surface area (Å²) >= 11 is 0. The number of anilines is 1. The van der Waals surface area contributed by atoms with Crippen LogP contribution in [0.15, 0.2) is 42.6 Å². The van der Waals surface area contributed by atoms with Crippen molar-refractivity contribution in [2.45, 2.75) is 31.5 Å². The fraction of sp³-hybridized carbons (Fsp3) is 0.368. The molecule has 2 N–H and O–H groups in total. The molecule has 2 aromatic rings. The van der Waals surface area contributed by atoms with E-state index in [4.69, 9.17) is 4.74 Å². The van der Waals surface area contributed by atoms with Crippen molar-refractivity contribution in [3.63, 3.8) is 0 Å². The summed E-state index contributed by atoms with van der Waals surface area (Å²) in [4.78, 5) is 34.0. The van der Waals surface area contributed by atoms with Crippen molar-refractivity contribution in [2.24, 2.45) is 0 Å². The van der Waals surface area contributed by atoms with Crippen LogP contribution in [0.1, 0.15) is 35.4 Å². The summed E-state index contributed by atoms with van der Waals surface area (Å²) in [5, 5.41) is 12.6. The van der Waals surface area contributed by atoms with Gasteiger partial charge < -0.3 is 20.1 Å². The van der Waals surface area contributed by atoms with E-state index >= 15 is 0 Å². The number of aromatic nitrogens is 2. The first-order valence-corrected chi connectivity index (χ1v) is 8.70. The number of hydrogen-bond acceptors (Lipinski definition) is 6. The summed E-state index contributed by atoms with van der Waals surface area (Å²) in [6.45, 7) is 2.19. The van der Waals surface area contributed by atoms with Crippen LogP contribution in [0, 0.1) is 0 Å². The predicted octanol–water partition coefficient (Wildman–Crippen LogP) is 1.96. The predicted molar refractivity (Wildman–Crippen MR) is 98.4 cm³/mol. The first-order chi connectivity index (χ1) is 13.0. The van der Waals surface area contributed by atoms with Crippen molar-refractivity contribution < 1.29 is 19.4 Å². The van der Waals surface area contributed by atoms with E-state index in [1.165, 1.54) is 24.3 Å². The Bertz CT molecular complexity index is 814. The molecule has 0 spiro atoms. The third kappa shape index (κ3) is 4.22. The molecule has 0 aliphatic carbocycles. The van der Waals surface area contributed by atoms with E-state index in [-0.39, 0.29) is 30.8 Å². The van der Waals surface area contributed by atoms with Gasteiger partial charge in [-0.05, 0) is 18.6 Å². The van der Waals surface area contributed by atoms with Gasteiger partial charge in [-0.1, -0.05) is 30.3 Å². The Labute approximate surface area is 157 Å². The minimum atomic E-state index is -1.05. The van der Waals surface area contributed by atoms with Crippen molar-refractivity contribution in [3.8, 4) is 0 Å². The van der Waals surface area contributed by atoms with Gasteiger partial charge >= 0.3 is 5.97 Å². The second-order valence-electron chi connectivity index (χ2n) is 6.45. The molecule has 0 saturated carbocycles. The molecule has 0 unspecified atom stereocenters. The number of carbonyl (C=O) groups is 2. The van der Waals surface area contributed by atoms with Crippen LogP contribution >= 0.6 is 0 Å². The molecule has 1 fully saturated rings. The number of carboxylic acids is 1. The summed E-state index contributed by atoms with van der Waals surface area (Å²) in [6.07, 6.45) is 1.45. The highest BCUT2D eigenvalue weighted by Gasteiger charge is 2.40. The van der Waals surface area contributed by atoms with Crippen molar-refractivity contribution in [2.75, 3.05) is 19.0 Å². The van der Waals surface area contributed by atoms with Crippen LogP contribution < -0.4 is 5.32 Å². The number of nitrogens with one attached hydrogen (secondary N) is 1. The molecule has 1 aromatic heterocycles. The smallest absolute Gasteiger partial charge is 0.326 e.